The maximum Gasteiger partial charge on any atom is 0.339 e. The predicted octanol–water partition coefficient (Wildman–Crippen LogP) is 3.98. The Bertz CT molecular complexity index is 1180. The lowest BCUT2D eigenvalue weighted by atomic mass is 9.96. The van der Waals surface area contributed by atoms with Crippen LogP contribution in [0.25, 0.3) is 22.5 Å². The number of nitrogens with zero attached hydrogens (tertiary/aromatic N) is 3. The summed E-state index contributed by atoms with van der Waals surface area (Å²) < 4.78 is 12.6. The summed E-state index contributed by atoms with van der Waals surface area (Å²) in [5, 5.41) is 9.92. The van der Waals surface area contributed by atoms with Crippen LogP contribution in [0.1, 0.15) is 69.3 Å². The number of fused-ring (bicyclic) bond motifs is 1. The highest BCUT2D eigenvalue weighted by atomic mass is 16.5. The highest BCUT2D eigenvalue weighted by molar-refractivity contribution is 6.05. The third kappa shape index (κ3) is 5.11. The Hall–Kier alpha value is -3.69. The van der Waals surface area contributed by atoms with Crippen LogP contribution in [-0.2, 0) is 9.53 Å². The number of urea groups is 1. The molecule has 1 saturated carbocycles. The van der Waals surface area contributed by atoms with Crippen LogP contribution in [0, 0.1) is 0 Å². The van der Waals surface area contributed by atoms with Gasteiger partial charge in [-0.05, 0) is 51.8 Å². The van der Waals surface area contributed by atoms with E-state index in [1.54, 1.807) is 29.1 Å². The quantitative estimate of drug-likeness (QED) is 0.525. The molecule has 1 fully saturated rings. The highest BCUT2D eigenvalue weighted by Gasteiger charge is 2.25. The standard InChI is InChI=1S/C24H29N5O5/c1-14(2)29-21-18(13-25-29)17(12-19(27-21)20-10-7-11-33-20)23(31)34-15(3)22(30)28-24(32)26-16-8-5-4-6-9-16/h7,10-16H,4-6,8-9H2,1-3H3,(H2,26,28,30,32). The number of pyridine rings is 1. The summed E-state index contributed by atoms with van der Waals surface area (Å²) in [6.45, 7) is 5.33. The van der Waals surface area contributed by atoms with Gasteiger partial charge in [-0.3, -0.25) is 10.1 Å². The average Bonchev–Trinajstić information content (AvgIpc) is 3.49. The lowest BCUT2D eigenvalue weighted by Gasteiger charge is -2.23. The number of ether oxygens (including phenoxy) is 1. The first-order chi connectivity index (χ1) is 16.3. The summed E-state index contributed by atoms with van der Waals surface area (Å²) in [6.07, 6.45) is 6.95. The zero-order chi connectivity index (χ0) is 24.2. The van der Waals surface area contributed by atoms with E-state index in [-0.39, 0.29) is 17.6 Å². The molecule has 10 heteroatoms. The SMILES string of the molecule is CC(OC(=O)c1cc(-c2ccco2)nc2c1cnn2C(C)C)C(=O)NC(=O)NC1CCCCC1. The third-order valence-electron chi connectivity index (χ3n) is 5.88. The topological polar surface area (TPSA) is 128 Å². The molecule has 4 rings (SSSR count). The number of hydrogen-bond donors (Lipinski definition) is 2. The van der Waals surface area contributed by atoms with E-state index in [2.05, 4.69) is 20.7 Å². The molecule has 1 aliphatic rings. The molecule has 3 aromatic heterocycles. The van der Waals surface area contributed by atoms with Crippen molar-refractivity contribution in [2.24, 2.45) is 0 Å². The minimum Gasteiger partial charge on any atom is -0.463 e. The van der Waals surface area contributed by atoms with E-state index >= 15 is 0 Å². The van der Waals surface area contributed by atoms with Gasteiger partial charge in [0.2, 0.25) is 0 Å². The molecule has 1 atom stereocenters. The van der Waals surface area contributed by atoms with E-state index in [1.807, 2.05) is 13.8 Å². The maximum atomic E-state index is 13.1. The van der Waals surface area contributed by atoms with Crippen molar-refractivity contribution in [3.63, 3.8) is 0 Å². The summed E-state index contributed by atoms with van der Waals surface area (Å²) in [7, 11) is 0. The number of esters is 1. The Morgan fingerprint density at radius 2 is 1.94 bits per heavy atom. The van der Waals surface area contributed by atoms with Gasteiger partial charge in [0.05, 0.1) is 23.4 Å². The summed E-state index contributed by atoms with van der Waals surface area (Å²) in [5.41, 5.74) is 1.14. The number of carbonyl (C=O) groups is 3. The van der Waals surface area contributed by atoms with Gasteiger partial charge >= 0.3 is 12.0 Å². The minimum atomic E-state index is -1.18. The average molecular weight is 468 g/mol. The normalized spacial score (nSPS) is 15.3. The molecule has 3 heterocycles. The van der Waals surface area contributed by atoms with Gasteiger partial charge in [-0.15, -0.1) is 0 Å². The molecule has 1 unspecified atom stereocenters. The van der Waals surface area contributed by atoms with Crippen LogP contribution in [0.3, 0.4) is 0 Å². The monoisotopic (exact) mass is 467 g/mol. The molecule has 0 spiro atoms. The van der Waals surface area contributed by atoms with Gasteiger partial charge in [0.1, 0.15) is 5.69 Å². The predicted molar refractivity (Wildman–Crippen MR) is 124 cm³/mol. The Labute approximate surface area is 197 Å². The Morgan fingerprint density at radius 3 is 2.62 bits per heavy atom. The van der Waals surface area contributed by atoms with E-state index in [0.29, 0.717) is 22.5 Å². The smallest absolute Gasteiger partial charge is 0.339 e. The van der Waals surface area contributed by atoms with E-state index in [4.69, 9.17) is 9.15 Å². The van der Waals surface area contributed by atoms with E-state index < -0.39 is 24.0 Å². The van der Waals surface area contributed by atoms with E-state index in [0.717, 1.165) is 32.1 Å². The minimum absolute atomic E-state index is 0.00750. The molecule has 0 saturated heterocycles. The molecule has 0 radical (unpaired) electrons. The highest BCUT2D eigenvalue weighted by Crippen LogP contribution is 2.27. The second-order valence-corrected chi connectivity index (χ2v) is 8.80. The summed E-state index contributed by atoms with van der Waals surface area (Å²) >= 11 is 0. The van der Waals surface area contributed by atoms with Crippen LogP contribution in [0.2, 0.25) is 0 Å². The molecule has 0 aromatic carbocycles. The second-order valence-electron chi connectivity index (χ2n) is 8.80. The summed E-state index contributed by atoms with van der Waals surface area (Å²) in [6, 6.07) is 4.50. The van der Waals surface area contributed by atoms with Crippen molar-refractivity contribution >= 4 is 28.9 Å². The summed E-state index contributed by atoms with van der Waals surface area (Å²) in [4.78, 5) is 42.4. The van der Waals surface area contributed by atoms with E-state index in [1.165, 1.54) is 13.2 Å². The van der Waals surface area contributed by atoms with Crippen molar-refractivity contribution in [2.45, 2.75) is 71.1 Å². The van der Waals surface area contributed by atoms with Crippen LogP contribution in [-0.4, -0.2) is 44.8 Å². The van der Waals surface area contributed by atoms with Crippen molar-refractivity contribution in [3.8, 4) is 11.5 Å². The van der Waals surface area contributed by atoms with Crippen LogP contribution < -0.4 is 10.6 Å². The zero-order valence-electron chi connectivity index (χ0n) is 19.5. The molecule has 0 bridgehead atoms. The summed E-state index contributed by atoms with van der Waals surface area (Å²) in [5.74, 6) is -0.937. The van der Waals surface area contributed by atoms with Gasteiger partial charge < -0.3 is 14.5 Å². The Kier molecular flexibility index (Phi) is 6.95. The van der Waals surface area contributed by atoms with Crippen molar-refractivity contribution in [2.75, 3.05) is 0 Å². The molecule has 1 aliphatic carbocycles. The number of amides is 3. The number of aromatic nitrogens is 3. The van der Waals surface area contributed by atoms with Crippen molar-refractivity contribution in [3.05, 3.63) is 36.2 Å². The van der Waals surface area contributed by atoms with Crippen molar-refractivity contribution < 1.29 is 23.5 Å². The Balaban J connectivity index is 1.50. The number of carbonyl (C=O) groups excluding carboxylic acids is 3. The molecule has 2 N–H and O–H groups in total. The number of imide groups is 1. The molecule has 180 valence electrons. The fourth-order valence-corrected chi connectivity index (χ4v) is 4.07. The fraction of sp³-hybridized carbons (Fsp3) is 0.458. The molecule has 3 amide bonds. The van der Waals surface area contributed by atoms with Gasteiger partial charge in [0.25, 0.3) is 5.91 Å². The number of hydrogen-bond acceptors (Lipinski definition) is 7. The lowest BCUT2D eigenvalue weighted by molar-refractivity contribution is -0.127. The van der Waals surface area contributed by atoms with Crippen LogP contribution in [0.15, 0.2) is 35.1 Å². The molecule has 34 heavy (non-hydrogen) atoms. The lowest BCUT2D eigenvalue weighted by Crippen LogP contribution is -2.48. The second kappa shape index (κ2) is 10.1. The molecular formula is C24H29N5O5. The van der Waals surface area contributed by atoms with Crippen LogP contribution in [0.4, 0.5) is 4.79 Å². The molecule has 0 aliphatic heterocycles. The van der Waals surface area contributed by atoms with Crippen LogP contribution in [0.5, 0.6) is 0 Å². The zero-order valence-corrected chi connectivity index (χ0v) is 19.5. The largest absolute Gasteiger partial charge is 0.463 e. The van der Waals surface area contributed by atoms with Crippen molar-refractivity contribution in [1.29, 1.82) is 0 Å². The molecule has 3 aromatic rings. The number of furan rings is 1. The fourth-order valence-electron chi connectivity index (χ4n) is 4.07. The first-order valence-electron chi connectivity index (χ1n) is 11.6. The van der Waals surface area contributed by atoms with Gasteiger partial charge in [0.15, 0.2) is 17.5 Å². The number of nitrogens with one attached hydrogen (secondary N) is 2. The van der Waals surface area contributed by atoms with Crippen LogP contribution >= 0.6 is 0 Å². The molecule has 10 nitrogen and oxygen atoms in total. The van der Waals surface area contributed by atoms with E-state index in [9.17, 15) is 14.4 Å². The Morgan fingerprint density at radius 1 is 1.18 bits per heavy atom. The van der Waals surface area contributed by atoms with Gasteiger partial charge in [0, 0.05) is 12.1 Å². The maximum absolute atomic E-state index is 13.1. The first kappa shape index (κ1) is 23.5. The van der Waals surface area contributed by atoms with Gasteiger partial charge in [-0.1, -0.05) is 19.3 Å². The number of rotatable bonds is 6. The first-order valence-corrected chi connectivity index (χ1v) is 11.6. The van der Waals surface area contributed by atoms with Crippen molar-refractivity contribution in [1.82, 2.24) is 25.4 Å². The third-order valence-corrected chi connectivity index (χ3v) is 5.88. The van der Waals surface area contributed by atoms with Gasteiger partial charge in [-0.2, -0.15) is 5.10 Å². The molecular weight excluding hydrogens is 438 g/mol. The van der Waals surface area contributed by atoms with Gasteiger partial charge in [-0.25, -0.2) is 19.3 Å².